The van der Waals surface area contributed by atoms with Gasteiger partial charge in [-0.2, -0.15) is 18.2 Å². The molecule has 0 atom stereocenters. The average molecular weight is 248 g/mol. The van der Waals surface area contributed by atoms with Crippen LogP contribution in [0.4, 0.5) is 24.9 Å². The summed E-state index contributed by atoms with van der Waals surface area (Å²) in [6.07, 6.45) is -4.47. The second kappa shape index (κ2) is 4.77. The number of halogens is 3. The molecule has 7 heteroatoms. The standard InChI is InChI=1S/C10H15F3N4/c1-6(2)17(4)8-5-7(10(11,12)13)15-9(14-3)16-8/h5-6H,1-4H3,(H,14,15,16). The van der Waals surface area contributed by atoms with E-state index in [1.165, 1.54) is 7.05 Å². The molecule has 0 aliphatic rings. The summed E-state index contributed by atoms with van der Waals surface area (Å²) in [5.41, 5.74) is -0.945. The van der Waals surface area contributed by atoms with E-state index in [9.17, 15) is 13.2 Å². The molecule has 1 rings (SSSR count). The highest BCUT2D eigenvalue weighted by atomic mass is 19.4. The minimum atomic E-state index is -4.47. The number of aromatic nitrogens is 2. The fourth-order valence-corrected chi connectivity index (χ4v) is 1.14. The Hall–Kier alpha value is -1.53. The van der Waals surface area contributed by atoms with E-state index in [1.54, 1.807) is 11.9 Å². The third-order valence-electron chi connectivity index (χ3n) is 2.36. The lowest BCUT2D eigenvalue weighted by Gasteiger charge is -2.23. The zero-order chi connectivity index (χ0) is 13.2. The smallest absolute Gasteiger partial charge is 0.357 e. The molecule has 0 saturated heterocycles. The zero-order valence-electron chi connectivity index (χ0n) is 10.1. The number of rotatable bonds is 3. The van der Waals surface area contributed by atoms with Gasteiger partial charge in [0.25, 0.3) is 0 Å². The van der Waals surface area contributed by atoms with Crippen molar-refractivity contribution in [2.24, 2.45) is 0 Å². The molecule has 4 nitrogen and oxygen atoms in total. The molecule has 1 aromatic heterocycles. The summed E-state index contributed by atoms with van der Waals surface area (Å²) in [7, 11) is 3.17. The van der Waals surface area contributed by atoms with Gasteiger partial charge >= 0.3 is 6.18 Å². The van der Waals surface area contributed by atoms with Crippen molar-refractivity contribution < 1.29 is 13.2 Å². The maximum Gasteiger partial charge on any atom is 0.433 e. The summed E-state index contributed by atoms with van der Waals surface area (Å²) in [4.78, 5) is 9.03. The number of anilines is 2. The summed E-state index contributed by atoms with van der Waals surface area (Å²) in [5, 5.41) is 2.52. The number of hydrogen-bond donors (Lipinski definition) is 1. The van der Waals surface area contributed by atoms with E-state index < -0.39 is 11.9 Å². The van der Waals surface area contributed by atoms with Crippen LogP contribution in [0.1, 0.15) is 19.5 Å². The van der Waals surface area contributed by atoms with Crippen molar-refractivity contribution >= 4 is 11.8 Å². The molecular weight excluding hydrogens is 233 g/mol. The van der Waals surface area contributed by atoms with Gasteiger partial charge < -0.3 is 10.2 Å². The molecular formula is C10H15F3N4. The van der Waals surface area contributed by atoms with Crippen molar-refractivity contribution in [1.29, 1.82) is 0 Å². The van der Waals surface area contributed by atoms with Crippen LogP contribution in [0.15, 0.2) is 6.07 Å². The Morgan fingerprint density at radius 3 is 2.29 bits per heavy atom. The topological polar surface area (TPSA) is 41.1 Å². The number of hydrogen-bond acceptors (Lipinski definition) is 4. The van der Waals surface area contributed by atoms with Gasteiger partial charge in [-0.1, -0.05) is 0 Å². The third-order valence-corrected chi connectivity index (χ3v) is 2.36. The van der Waals surface area contributed by atoms with Gasteiger partial charge in [-0.15, -0.1) is 0 Å². The van der Waals surface area contributed by atoms with E-state index in [1.807, 2.05) is 13.8 Å². The molecule has 17 heavy (non-hydrogen) atoms. The number of nitrogens with one attached hydrogen (secondary N) is 1. The second-order valence-corrected chi connectivity index (χ2v) is 3.89. The summed E-state index contributed by atoms with van der Waals surface area (Å²) >= 11 is 0. The average Bonchev–Trinajstić information content (AvgIpc) is 2.26. The third kappa shape index (κ3) is 3.21. The summed E-state index contributed by atoms with van der Waals surface area (Å²) in [6.45, 7) is 3.74. The van der Waals surface area contributed by atoms with Crippen molar-refractivity contribution in [1.82, 2.24) is 9.97 Å². The predicted molar refractivity (Wildman–Crippen MR) is 60.1 cm³/mol. The molecule has 1 heterocycles. The summed E-state index contributed by atoms with van der Waals surface area (Å²) in [6, 6.07) is 0.997. The van der Waals surface area contributed by atoms with E-state index >= 15 is 0 Å². The molecule has 1 aromatic rings. The minimum Gasteiger partial charge on any atom is -0.357 e. The van der Waals surface area contributed by atoms with Gasteiger partial charge in [0.15, 0.2) is 5.69 Å². The molecule has 0 saturated carbocycles. The Labute approximate surface area is 97.9 Å². The first kappa shape index (κ1) is 13.5. The summed E-state index contributed by atoms with van der Waals surface area (Å²) in [5.74, 6) is 0.203. The van der Waals surface area contributed by atoms with E-state index in [0.717, 1.165) is 6.07 Å². The van der Waals surface area contributed by atoms with Crippen LogP contribution in [-0.2, 0) is 6.18 Å². The second-order valence-electron chi connectivity index (χ2n) is 3.89. The molecule has 0 bridgehead atoms. The molecule has 0 spiro atoms. The minimum absolute atomic E-state index is 0.0395. The lowest BCUT2D eigenvalue weighted by Crippen LogP contribution is -2.27. The van der Waals surface area contributed by atoms with Crippen molar-refractivity contribution in [3.63, 3.8) is 0 Å². The summed E-state index contributed by atoms with van der Waals surface area (Å²) < 4.78 is 37.8. The van der Waals surface area contributed by atoms with Crippen LogP contribution in [0.2, 0.25) is 0 Å². The van der Waals surface area contributed by atoms with Gasteiger partial charge in [0.2, 0.25) is 5.95 Å². The van der Waals surface area contributed by atoms with Crippen LogP contribution in [0.3, 0.4) is 0 Å². The Bertz CT molecular complexity index is 390. The van der Waals surface area contributed by atoms with E-state index in [0.29, 0.717) is 0 Å². The number of nitrogens with zero attached hydrogens (tertiary/aromatic N) is 3. The van der Waals surface area contributed by atoms with E-state index in [2.05, 4.69) is 15.3 Å². The molecule has 0 aliphatic heterocycles. The first-order valence-electron chi connectivity index (χ1n) is 5.12. The first-order chi connectivity index (χ1) is 7.75. The van der Waals surface area contributed by atoms with Gasteiger partial charge in [0, 0.05) is 26.2 Å². The fraction of sp³-hybridized carbons (Fsp3) is 0.600. The largest absolute Gasteiger partial charge is 0.433 e. The molecule has 0 radical (unpaired) electrons. The Kier molecular flexibility index (Phi) is 3.79. The van der Waals surface area contributed by atoms with Crippen LogP contribution in [0.5, 0.6) is 0 Å². The van der Waals surface area contributed by atoms with E-state index in [-0.39, 0.29) is 17.8 Å². The van der Waals surface area contributed by atoms with Crippen LogP contribution in [-0.4, -0.2) is 30.1 Å². The van der Waals surface area contributed by atoms with Crippen molar-refractivity contribution in [2.45, 2.75) is 26.1 Å². The SMILES string of the molecule is CNc1nc(N(C)C(C)C)cc(C(F)(F)F)n1. The Morgan fingerprint density at radius 1 is 1.29 bits per heavy atom. The normalized spacial score (nSPS) is 11.8. The van der Waals surface area contributed by atoms with Crippen molar-refractivity contribution in [3.05, 3.63) is 11.8 Å². The Balaban J connectivity index is 3.23. The molecule has 0 aromatic carbocycles. The zero-order valence-corrected chi connectivity index (χ0v) is 10.1. The van der Waals surface area contributed by atoms with E-state index in [4.69, 9.17) is 0 Å². The monoisotopic (exact) mass is 248 g/mol. The first-order valence-corrected chi connectivity index (χ1v) is 5.12. The van der Waals surface area contributed by atoms with Crippen LogP contribution < -0.4 is 10.2 Å². The predicted octanol–water partition coefficient (Wildman–Crippen LogP) is 2.38. The highest BCUT2D eigenvalue weighted by Crippen LogP contribution is 2.30. The van der Waals surface area contributed by atoms with Gasteiger partial charge in [-0.05, 0) is 13.8 Å². The molecule has 0 aliphatic carbocycles. The van der Waals surface area contributed by atoms with Crippen molar-refractivity contribution in [2.75, 3.05) is 24.3 Å². The highest BCUT2D eigenvalue weighted by Gasteiger charge is 2.34. The maximum absolute atomic E-state index is 12.6. The van der Waals surface area contributed by atoms with Crippen LogP contribution in [0, 0.1) is 0 Å². The molecule has 96 valence electrons. The van der Waals surface area contributed by atoms with Crippen LogP contribution in [0.25, 0.3) is 0 Å². The fourth-order valence-electron chi connectivity index (χ4n) is 1.14. The molecule has 1 N–H and O–H groups in total. The Morgan fingerprint density at radius 2 is 1.88 bits per heavy atom. The van der Waals surface area contributed by atoms with Crippen LogP contribution >= 0.6 is 0 Å². The molecule has 0 fully saturated rings. The van der Waals surface area contributed by atoms with Crippen molar-refractivity contribution in [3.8, 4) is 0 Å². The van der Waals surface area contributed by atoms with Gasteiger partial charge in [0.05, 0.1) is 0 Å². The van der Waals surface area contributed by atoms with Gasteiger partial charge in [-0.3, -0.25) is 0 Å². The maximum atomic E-state index is 12.6. The number of alkyl halides is 3. The van der Waals surface area contributed by atoms with Gasteiger partial charge in [0.1, 0.15) is 5.82 Å². The quantitative estimate of drug-likeness (QED) is 0.891. The lowest BCUT2D eigenvalue weighted by molar-refractivity contribution is -0.141. The molecule has 0 amide bonds. The van der Waals surface area contributed by atoms with Gasteiger partial charge in [-0.25, -0.2) is 4.98 Å². The highest BCUT2D eigenvalue weighted by molar-refractivity contribution is 5.45. The lowest BCUT2D eigenvalue weighted by atomic mass is 10.3. The molecule has 0 unspecified atom stereocenters.